The highest BCUT2D eigenvalue weighted by molar-refractivity contribution is 5.82. The highest BCUT2D eigenvalue weighted by Gasteiger charge is 2.18. The van der Waals surface area contributed by atoms with Gasteiger partial charge in [-0.3, -0.25) is 9.67 Å². The lowest BCUT2D eigenvalue weighted by Crippen LogP contribution is -2.00. The number of aromatic amines is 1. The van der Waals surface area contributed by atoms with Gasteiger partial charge in [-0.15, -0.1) is 0 Å². The molecule has 0 bridgehead atoms. The smallest absolute Gasteiger partial charge is 0.165 e. The van der Waals surface area contributed by atoms with Crippen LogP contribution in [0.5, 0.6) is 0 Å². The van der Waals surface area contributed by atoms with E-state index in [-0.39, 0.29) is 0 Å². The van der Waals surface area contributed by atoms with Crippen molar-refractivity contribution in [2.45, 2.75) is 27.2 Å². The minimum atomic E-state index is 0.827. The third-order valence-corrected chi connectivity index (χ3v) is 4.28. The zero-order chi connectivity index (χ0) is 16.7. The molecule has 5 nitrogen and oxygen atoms in total. The first kappa shape index (κ1) is 14.6. The van der Waals surface area contributed by atoms with E-state index in [0.717, 1.165) is 46.0 Å². The van der Waals surface area contributed by atoms with Crippen LogP contribution in [0.15, 0.2) is 42.6 Å². The Kier molecular flexibility index (Phi) is 3.41. The Bertz CT molecular complexity index is 995. The van der Waals surface area contributed by atoms with Gasteiger partial charge in [-0.25, -0.2) is 9.97 Å². The zero-order valence-electron chi connectivity index (χ0n) is 14.0. The Morgan fingerprint density at radius 2 is 1.83 bits per heavy atom. The van der Waals surface area contributed by atoms with E-state index in [9.17, 15) is 0 Å². The molecule has 24 heavy (non-hydrogen) atoms. The van der Waals surface area contributed by atoms with Crippen LogP contribution >= 0.6 is 0 Å². The molecule has 0 aliphatic carbocycles. The molecule has 0 spiro atoms. The van der Waals surface area contributed by atoms with Gasteiger partial charge in [0, 0.05) is 17.6 Å². The number of pyridine rings is 1. The van der Waals surface area contributed by atoms with E-state index >= 15 is 0 Å². The summed E-state index contributed by atoms with van der Waals surface area (Å²) in [6.07, 6.45) is 2.76. The summed E-state index contributed by atoms with van der Waals surface area (Å²) < 4.78 is 2.10. The third kappa shape index (κ3) is 2.29. The van der Waals surface area contributed by atoms with Gasteiger partial charge < -0.3 is 0 Å². The fourth-order valence-electron chi connectivity index (χ4n) is 3.05. The monoisotopic (exact) mass is 317 g/mol. The summed E-state index contributed by atoms with van der Waals surface area (Å²) in [5.41, 5.74) is 7.16. The van der Waals surface area contributed by atoms with Crippen LogP contribution in [0.2, 0.25) is 0 Å². The standard InChI is InChI=1S/C19H19N5/c1-4-14-5-7-15(8-6-14)24-18(16-9-10-20-23-16)22-17-12(2)11-13(3)21-19(17)24/h5-11H,4H2,1-3H3,(H,20,23). The second-order valence-electron chi connectivity index (χ2n) is 6.01. The number of imidazole rings is 1. The maximum Gasteiger partial charge on any atom is 0.165 e. The van der Waals surface area contributed by atoms with Crippen molar-refractivity contribution in [2.24, 2.45) is 0 Å². The summed E-state index contributed by atoms with van der Waals surface area (Å²) in [6, 6.07) is 12.6. The summed E-state index contributed by atoms with van der Waals surface area (Å²) in [6.45, 7) is 6.25. The minimum absolute atomic E-state index is 0.827. The molecule has 0 saturated carbocycles. The molecular weight excluding hydrogens is 298 g/mol. The van der Waals surface area contributed by atoms with E-state index in [2.05, 4.69) is 58.9 Å². The summed E-state index contributed by atoms with van der Waals surface area (Å²) in [5, 5.41) is 7.09. The number of hydrogen-bond acceptors (Lipinski definition) is 3. The van der Waals surface area contributed by atoms with E-state index in [1.54, 1.807) is 6.20 Å². The predicted molar refractivity (Wildman–Crippen MR) is 95.3 cm³/mol. The van der Waals surface area contributed by atoms with Crippen LogP contribution in [0.25, 0.3) is 28.4 Å². The lowest BCUT2D eigenvalue weighted by molar-refractivity contribution is 1.02. The normalized spacial score (nSPS) is 11.3. The lowest BCUT2D eigenvalue weighted by Gasteiger charge is -2.09. The molecule has 0 saturated heterocycles. The number of hydrogen-bond donors (Lipinski definition) is 1. The van der Waals surface area contributed by atoms with Crippen molar-refractivity contribution in [1.82, 2.24) is 24.7 Å². The number of fused-ring (bicyclic) bond motifs is 1. The molecule has 0 radical (unpaired) electrons. The van der Waals surface area contributed by atoms with Gasteiger partial charge in [0.1, 0.15) is 11.2 Å². The molecule has 0 atom stereocenters. The highest BCUT2D eigenvalue weighted by atomic mass is 15.2. The van der Waals surface area contributed by atoms with Gasteiger partial charge >= 0.3 is 0 Å². The van der Waals surface area contributed by atoms with E-state index in [1.807, 2.05) is 13.0 Å². The molecule has 120 valence electrons. The second kappa shape index (κ2) is 5.60. The number of aromatic nitrogens is 5. The van der Waals surface area contributed by atoms with Gasteiger partial charge in [-0.1, -0.05) is 19.1 Å². The van der Waals surface area contributed by atoms with Gasteiger partial charge in [0.05, 0.1) is 0 Å². The van der Waals surface area contributed by atoms with Crippen LogP contribution in [-0.4, -0.2) is 24.7 Å². The topological polar surface area (TPSA) is 59.4 Å². The zero-order valence-corrected chi connectivity index (χ0v) is 14.0. The Balaban J connectivity index is 2.05. The molecule has 3 aromatic heterocycles. The quantitative estimate of drug-likeness (QED) is 0.621. The fraction of sp³-hybridized carbons (Fsp3) is 0.211. The average molecular weight is 317 g/mol. The Morgan fingerprint density at radius 3 is 2.50 bits per heavy atom. The molecule has 3 heterocycles. The van der Waals surface area contributed by atoms with E-state index in [0.29, 0.717) is 0 Å². The van der Waals surface area contributed by atoms with Crippen LogP contribution in [0.1, 0.15) is 23.7 Å². The SMILES string of the molecule is CCc1ccc(-n2c(-c3ccn[nH]3)nc3c(C)cc(C)nc32)cc1. The fourth-order valence-corrected chi connectivity index (χ4v) is 3.05. The maximum atomic E-state index is 4.84. The Labute approximate surface area is 140 Å². The van der Waals surface area contributed by atoms with E-state index in [1.165, 1.54) is 5.56 Å². The Morgan fingerprint density at radius 1 is 1.04 bits per heavy atom. The Hall–Kier alpha value is -2.95. The molecule has 5 heteroatoms. The lowest BCUT2D eigenvalue weighted by atomic mass is 10.1. The number of nitrogens with zero attached hydrogens (tertiary/aromatic N) is 4. The van der Waals surface area contributed by atoms with Crippen LogP contribution in [-0.2, 0) is 6.42 Å². The second-order valence-corrected chi connectivity index (χ2v) is 6.01. The van der Waals surface area contributed by atoms with Gasteiger partial charge in [-0.05, 0) is 55.7 Å². The molecule has 4 rings (SSSR count). The molecule has 0 amide bonds. The largest absolute Gasteiger partial charge is 0.275 e. The van der Waals surface area contributed by atoms with Crippen molar-refractivity contribution >= 4 is 11.2 Å². The first-order chi connectivity index (χ1) is 11.7. The summed E-state index contributed by atoms with van der Waals surface area (Å²) >= 11 is 0. The molecule has 0 aliphatic rings. The van der Waals surface area contributed by atoms with Crippen molar-refractivity contribution in [3.05, 3.63) is 59.4 Å². The molecular formula is C19H19N5. The van der Waals surface area contributed by atoms with Crippen molar-refractivity contribution in [1.29, 1.82) is 0 Å². The molecule has 0 fully saturated rings. The summed E-state index contributed by atoms with van der Waals surface area (Å²) in [5.74, 6) is 0.827. The van der Waals surface area contributed by atoms with Crippen LogP contribution < -0.4 is 0 Å². The van der Waals surface area contributed by atoms with Crippen molar-refractivity contribution in [3.8, 4) is 17.2 Å². The van der Waals surface area contributed by atoms with Gasteiger partial charge in [0.25, 0.3) is 0 Å². The first-order valence-corrected chi connectivity index (χ1v) is 8.13. The van der Waals surface area contributed by atoms with Crippen LogP contribution in [0, 0.1) is 13.8 Å². The van der Waals surface area contributed by atoms with Crippen LogP contribution in [0.3, 0.4) is 0 Å². The predicted octanol–water partition coefficient (Wildman–Crippen LogP) is 3.99. The van der Waals surface area contributed by atoms with E-state index < -0.39 is 0 Å². The number of nitrogens with one attached hydrogen (secondary N) is 1. The highest BCUT2D eigenvalue weighted by Crippen LogP contribution is 2.28. The molecule has 1 N–H and O–H groups in total. The van der Waals surface area contributed by atoms with Crippen LogP contribution in [0.4, 0.5) is 0 Å². The van der Waals surface area contributed by atoms with Crippen molar-refractivity contribution in [3.63, 3.8) is 0 Å². The molecule has 0 unspecified atom stereocenters. The van der Waals surface area contributed by atoms with Crippen molar-refractivity contribution in [2.75, 3.05) is 0 Å². The van der Waals surface area contributed by atoms with Gasteiger partial charge in [0.2, 0.25) is 0 Å². The number of aryl methyl sites for hydroxylation is 3. The molecule has 4 aromatic rings. The first-order valence-electron chi connectivity index (χ1n) is 8.13. The molecule has 0 aliphatic heterocycles. The van der Waals surface area contributed by atoms with Gasteiger partial charge in [-0.2, -0.15) is 5.10 Å². The number of benzene rings is 1. The summed E-state index contributed by atoms with van der Waals surface area (Å²) in [4.78, 5) is 9.60. The summed E-state index contributed by atoms with van der Waals surface area (Å²) in [7, 11) is 0. The average Bonchev–Trinajstić information content (AvgIpc) is 3.22. The number of rotatable bonds is 3. The van der Waals surface area contributed by atoms with Gasteiger partial charge in [0.15, 0.2) is 11.5 Å². The maximum absolute atomic E-state index is 4.84. The minimum Gasteiger partial charge on any atom is -0.275 e. The number of H-pyrrole nitrogens is 1. The third-order valence-electron chi connectivity index (χ3n) is 4.28. The van der Waals surface area contributed by atoms with Crippen molar-refractivity contribution < 1.29 is 0 Å². The molecule has 1 aromatic carbocycles. The van der Waals surface area contributed by atoms with E-state index in [4.69, 9.17) is 9.97 Å².